The molecule has 56 heavy (non-hydrogen) atoms. The van der Waals surface area contributed by atoms with Crippen molar-refractivity contribution in [3.05, 3.63) is 59.3 Å². The number of ether oxygens (including phenoxy) is 3. The van der Waals surface area contributed by atoms with Crippen LogP contribution >= 0.6 is 7.82 Å². The van der Waals surface area contributed by atoms with Gasteiger partial charge in [0.1, 0.15) is 29.9 Å². The molecule has 15 heteroatoms. The van der Waals surface area contributed by atoms with Crippen molar-refractivity contribution in [1.29, 1.82) is 10.5 Å². The van der Waals surface area contributed by atoms with Gasteiger partial charge in [0.05, 0.1) is 49.9 Å². The molecule has 1 aliphatic heterocycles. The number of nitrogen functional groups attached to an aromatic ring is 1. The SMILES string of the molecule is C#N.CCCCCCCCCCCCCCCCCCOCC(COP(=O)(O)OCC1CCC(c2ccc3c(N)ncnn23)O1)OCc1ccc(C#N)cc1F. The summed E-state index contributed by atoms with van der Waals surface area (Å²) in [5.41, 5.74) is 7.89. The Balaban J connectivity index is 0.00000414. The van der Waals surface area contributed by atoms with Crippen LogP contribution in [0.2, 0.25) is 0 Å². The van der Waals surface area contributed by atoms with Crippen LogP contribution in [0.1, 0.15) is 145 Å². The zero-order valence-corrected chi connectivity index (χ0v) is 34.0. The molecule has 0 bridgehead atoms. The van der Waals surface area contributed by atoms with Gasteiger partial charge in [0, 0.05) is 18.7 Å². The van der Waals surface area contributed by atoms with Crippen molar-refractivity contribution in [3.8, 4) is 12.6 Å². The quantitative estimate of drug-likeness (QED) is 0.0501. The fourth-order valence-electron chi connectivity index (χ4n) is 6.71. The summed E-state index contributed by atoms with van der Waals surface area (Å²) in [7, 11) is -4.49. The Bertz CT molecular complexity index is 1650. The molecule has 3 aromatic rings. The topological polar surface area (TPSA) is 187 Å². The van der Waals surface area contributed by atoms with Gasteiger partial charge in [-0.05, 0) is 43.5 Å². The van der Waals surface area contributed by atoms with E-state index in [-0.39, 0.29) is 43.7 Å². The van der Waals surface area contributed by atoms with Gasteiger partial charge in [-0.3, -0.25) is 9.05 Å². The fraction of sp³-hybridized carbons (Fsp3) is 0.659. The number of halogens is 1. The van der Waals surface area contributed by atoms with Crippen molar-refractivity contribution in [3.63, 3.8) is 0 Å². The van der Waals surface area contributed by atoms with Crippen LogP contribution in [0.4, 0.5) is 10.2 Å². The normalized spacial score (nSPS) is 16.9. The number of benzene rings is 1. The van der Waals surface area contributed by atoms with Gasteiger partial charge in [-0.25, -0.2) is 23.7 Å². The lowest BCUT2D eigenvalue weighted by Gasteiger charge is -2.21. The number of nitrogens with two attached hydrogens (primary N) is 1. The van der Waals surface area contributed by atoms with E-state index in [2.05, 4.69) is 23.6 Å². The van der Waals surface area contributed by atoms with Crippen LogP contribution in [0.15, 0.2) is 36.7 Å². The number of unbranched alkanes of at least 4 members (excludes halogenated alkanes) is 15. The first-order valence-electron chi connectivity index (χ1n) is 20.3. The van der Waals surface area contributed by atoms with E-state index in [0.29, 0.717) is 30.8 Å². The Morgan fingerprint density at radius 1 is 0.964 bits per heavy atom. The molecule has 0 amide bonds. The summed E-state index contributed by atoms with van der Waals surface area (Å²) in [6.07, 6.45) is 21.7. The third kappa shape index (κ3) is 17.4. The molecular formula is C41H62FN6O7P. The first-order valence-corrected chi connectivity index (χ1v) is 21.8. The van der Waals surface area contributed by atoms with E-state index in [1.807, 2.05) is 18.2 Å². The number of hydrogen-bond acceptors (Lipinski definition) is 11. The number of nitrogens with zero attached hydrogens (tertiary/aromatic N) is 5. The average molecular weight is 801 g/mol. The summed E-state index contributed by atoms with van der Waals surface area (Å²) in [5.74, 6) is -0.208. The van der Waals surface area contributed by atoms with Crippen LogP contribution in [-0.2, 0) is 34.4 Å². The highest BCUT2D eigenvalue weighted by atomic mass is 31.2. The Morgan fingerprint density at radius 2 is 1.61 bits per heavy atom. The van der Waals surface area contributed by atoms with Crippen molar-refractivity contribution in [2.75, 3.05) is 32.2 Å². The second-order valence-electron chi connectivity index (χ2n) is 14.3. The third-order valence-corrected chi connectivity index (χ3v) is 10.8. The molecule has 0 radical (unpaired) electrons. The molecule has 0 spiro atoms. The first-order chi connectivity index (χ1) is 27.3. The van der Waals surface area contributed by atoms with Gasteiger partial charge in [0.2, 0.25) is 0 Å². The lowest BCUT2D eigenvalue weighted by atomic mass is 10.0. The number of nitriles is 2. The van der Waals surface area contributed by atoms with E-state index < -0.39 is 25.8 Å². The number of phosphoric ester groups is 1. The molecule has 0 saturated carbocycles. The van der Waals surface area contributed by atoms with Crippen LogP contribution in [0, 0.1) is 29.0 Å². The van der Waals surface area contributed by atoms with Crippen molar-refractivity contribution >= 4 is 19.2 Å². The van der Waals surface area contributed by atoms with E-state index in [1.54, 1.807) is 4.52 Å². The van der Waals surface area contributed by atoms with Crippen molar-refractivity contribution in [2.45, 2.75) is 147 Å². The summed E-state index contributed by atoms with van der Waals surface area (Å²) < 4.78 is 57.6. The van der Waals surface area contributed by atoms with Crippen LogP contribution in [0.25, 0.3) is 5.52 Å². The number of fused-ring (bicyclic) bond motifs is 1. The van der Waals surface area contributed by atoms with Crippen LogP contribution in [0.5, 0.6) is 0 Å². The van der Waals surface area contributed by atoms with E-state index in [4.69, 9.17) is 39.5 Å². The molecule has 4 unspecified atom stereocenters. The lowest BCUT2D eigenvalue weighted by Crippen LogP contribution is -2.26. The zero-order valence-electron chi connectivity index (χ0n) is 33.1. The molecule has 3 N–H and O–H groups in total. The second-order valence-corrected chi connectivity index (χ2v) is 15.8. The van der Waals surface area contributed by atoms with Gasteiger partial charge >= 0.3 is 7.82 Å². The molecule has 4 rings (SSSR count). The fourth-order valence-corrected chi connectivity index (χ4v) is 7.49. The molecule has 310 valence electrons. The highest BCUT2D eigenvalue weighted by Crippen LogP contribution is 2.45. The summed E-state index contributed by atoms with van der Waals surface area (Å²) >= 11 is 0. The van der Waals surface area contributed by atoms with Gasteiger partial charge in [-0.2, -0.15) is 10.4 Å². The minimum Gasteiger partial charge on any atom is -0.382 e. The standard InChI is InChI=1S/C40H61FN5O7P.CHN/c1-2-3-4-5-6-7-8-9-10-11-12-13-14-15-16-17-24-49-28-35(50-27-33-19-18-32(26-42)25-36(33)41)30-52-54(47,48)51-29-34-20-23-39(53-34)37-21-22-38-40(43)44-31-45-46(37)38;1-2/h18-19,21-22,25,31,34-35,39H,2-17,20,23-24,27-30H2,1H3,(H,47,48)(H2,43,44,45);1H. The van der Waals surface area contributed by atoms with E-state index in [9.17, 15) is 13.8 Å². The van der Waals surface area contributed by atoms with Crippen LogP contribution < -0.4 is 5.73 Å². The molecule has 1 fully saturated rings. The Labute approximate surface area is 332 Å². The maximum Gasteiger partial charge on any atom is 0.472 e. The second kappa shape index (κ2) is 27.2. The highest BCUT2D eigenvalue weighted by Gasteiger charge is 2.32. The molecule has 1 aromatic carbocycles. The number of anilines is 1. The van der Waals surface area contributed by atoms with Gasteiger partial charge in [-0.1, -0.05) is 109 Å². The largest absolute Gasteiger partial charge is 0.472 e. The van der Waals surface area contributed by atoms with Gasteiger partial charge < -0.3 is 24.8 Å². The average Bonchev–Trinajstić information content (AvgIpc) is 3.87. The number of aromatic nitrogens is 3. The Hall–Kier alpha value is -3.46. The molecule has 3 heterocycles. The van der Waals surface area contributed by atoms with Gasteiger partial charge in [-0.15, -0.1) is 0 Å². The van der Waals surface area contributed by atoms with E-state index >= 15 is 0 Å². The molecule has 0 aliphatic carbocycles. The first kappa shape index (κ1) is 46.9. The lowest BCUT2D eigenvalue weighted by molar-refractivity contribution is -0.0535. The van der Waals surface area contributed by atoms with E-state index in [0.717, 1.165) is 31.0 Å². The van der Waals surface area contributed by atoms with Crippen molar-refractivity contribution in [2.24, 2.45) is 0 Å². The maximum atomic E-state index is 14.5. The molecule has 13 nitrogen and oxygen atoms in total. The van der Waals surface area contributed by atoms with Crippen molar-refractivity contribution in [1.82, 2.24) is 14.6 Å². The summed E-state index contributed by atoms with van der Waals surface area (Å²) in [6, 6.07) is 9.75. The van der Waals surface area contributed by atoms with Gasteiger partial charge in [0.15, 0.2) is 5.82 Å². The smallest absolute Gasteiger partial charge is 0.382 e. The number of hydrogen-bond donors (Lipinski definition) is 2. The maximum absolute atomic E-state index is 14.5. The summed E-state index contributed by atoms with van der Waals surface area (Å²) in [4.78, 5) is 14.5. The highest BCUT2D eigenvalue weighted by molar-refractivity contribution is 7.47. The summed E-state index contributed by atoms with van der Waals surface area (Å²) in [5, 5.41) is 19.8. The minimum absolute atomic E-state index is 0.0867. The molecule has 1 saturated heterocycles. The minimum atomic E-state index is -4.49. The zero-order chi connectivity index (χ0) is 40.4. The molecular weight excluding hydrogens is 738 g/mol. The predicted octanol–water partition coefficient (Wildman–Crippen LogP) is 9.68. The Morgan fingerprint density at radius 3 is 2.23 bits per heavy atom. The molecule has 1 aliphatic rings. The van der Waals surface area contributed by atoms with Crippen molar-refractivity contribution < 1.29 is 37.1 Å². The Kier molecular flexibility index (Phi) is 22.8. The number of rotatable bonds is 29. The van der Waals surface area contributed by atoms with Crippen LogP contribution in [-0.4, -0.2) is 58.1 Å². The molecule has 4 atom stereocenters. The summed E-state index contributed by atoms with van der Waals surface area (Å²) in [6.45, 7) is 5.76. The van der Waals surface area contributed by atoms with E-state index in [1.165, 1.54) is 102 Å². The van der Waals surface area contributed by atoms with Crippen LogP contribution in [0.3, 0.4) is 0 Å². The van der Waals surface area contributed by atoms with Gasteiger partial charge in [0.25, 0.3) is 0 Å². The molecule has 2 aromatic heterocycles. The third-order valence-electron chi connectivity index (χ3n) is 9.90. The number of phosphoric acid groups is 1. The monoisotopic (exact) mass is 800 g/mol. The predicted molar refractivity (Wildman–Crippen MR) is 213 cm³/mol.